The molecule has 0 radical (unpaired) electrons. The monoisotopic (exact) mass is 591 g/mol. The Morgan fingerprint density at radius 2 is 2.03 bits per heavy atom. The molecule has 0 saturated carbocycles. The van der Waals surface area contributed by atoms with Gasteiger partial charge in [0.1, 0.15) is 10.3 Å². The Morgan fingerprint density at radius 3 is 2.67 bits per heavy atom. The molecule has 1 aliphatic rings. The topological polar surface area (TPSA) is 95.4 Å². The number of likely N-dealkylation sites (tertiary alicyclic amines) is 1. The first-order chi connectivity index (χ1) is 18.7. The van der Waals surface area contributed by atoms with E-state index in [9.17, 15) is 9.59 Å². The fourth-order valence-electron chi connectivity index (χ4n) is 4.94. The molecule has 9 nitrogen and oxygen atoms in total. The number of rotatable bonds is 10. The van der Waals surface area contributed by atoms with E-state index in [0.717, 1.165) is 43.6 Å². The standard InChI is InChI=1S/C27H35Cl2N7O2S/c1-18-12-23(28)33-25(29)24(18)26(37)30-8-4-19(2)35-9-5-22(6-10-35)36(14-20-7-11-39-16-20)27(38)31-13-21-15-34(3)17-32-21/h7,11-12,15-17,19,22H,4-6,8-10,13-14H2,1-3H3,(H,30,37)(H,31,38)/t19-/m1/s1. The van der Waals surface area contributed by atoms with Crippen molar-refractivity contribution in [3.63, 3.8) is 0 Å². The van der Waals surface area contributed by atoms with Crippen LogP contribution in [0.3, 0.4) is 0 Å². The van der Waals surface area contributed by atoms with Crippen LogP contribution in [-0.2, 0) is 20.1 Å². The summed E-state index contributed by atoms with van der Waals surface area (Å²) in [5.74, 6) is -0.242. The van der Waals surface area contributed by atoms with E-state index in [0.29, 0.717) is 30.8 Å². The molecule has 2 N–H and O–H groups in total. The minimum absolute atomic E-state index is 0.0632. The molecule has 0 unspecified atom stereocenters. The van der Waals surface area contributed by atoms with Crippen molar-refractivity contribution in [2.75, 3.05) is 19.6 Å². The lowest BCUT2D eigenvalue weighted by Gasteiger charge is -2.40. The van der Waals surface area contributed by atoms with Gasteiger partial charge in [-0.15, -0.1) is 0 Å². The van der Waals surface area contributed by atoms with Gasteiger partial charge in [-0.1, -0.05) is 23.2 Å². The van der Waals surface area contributed by atoms with Gasteiger partial charge >= 0.3 is 6.03 Å². The molecule has 210 valence electrons. The molecule has 0 spiro atoms. The smallest absolute Gasteiger partial charge is 0.318 e. The molecule has 0 aliphatic carbocycles. The van der Waals surface area contributed by atoms with Crippen molar-refractivity contribution in [2.45, 2.75) is 58.3 Å². The molecule has 1 saturated heterocycles. The third-order valence-electron chi connectivity index (χ3n) is 7.15. The number of imidazole rings is 1. The van der Waals surface area contributed by atoms with Crippen molar-refractivity contribution in [3.05, 3.63) is 68.1 Å². The van der Waals surface area contributed by atoms with Gasteiger partial charge in [-0.2, -0.15) is 11.3 Å². The average molecular weight is 593 g/mol. The lowest BCUT2D eigenvalue weighted by Crippen LogP contribution is -2.51. The van der Waals surface area contributed by atoms with E-state index < -0.39 is 0 Å². The maximum absolute atomic E-state index is 13.3. The van der Waals surface area contributed by atoms with E-state index in [1.54, 1.807) is 30.7 Å². The first-order valence-electron chi connectivity index (χ1n) is 13.1. The highest BCUT2D eigenvalue weighted by Crippen LogP contribution is 2.23. The Morgan fingerprint density at radius 1 is 1.26 bits per heavy atom. The summed E-state index contributed by atoms with van der Waals surface area (Å²) in [7, 11) is 1.91. The summed E-state index contributed by atoms with van der Waals surface area (Å²) in [6.07, 6.45) is 6.23. The van der Waals surface area contributed by atoms with Gasteiger partial charge < -0.3 is 25.0 Å². The van der Waals surface area contributed by atoms with E-state index in [4.69, 9.17) is 23.2 Å². The first-order valence-corrected chi connectivity index (χ1v) is 14.8. The number of aryl methyl sites for hydroxylation is 2. The second-order valence-corrected chi connectivity index (χ2v) is 11.6. The minimum Gasteiger partial charge on any atom is -0.352 e. The number of carbonyl (C=O) groups excluding carboxylic acids is 2. The van der Waals surface area contributed by atoms with Crippen LogP contribution in [0, 0.1) is 6.92 Å². The molecule has 0 bridgehead atoms. The number of halogens is 2. The van der Waals surface area contributed by atoms with E-state index in [1.165, 1.54) is 0 Å². The Hall–Kier alpha value is -2.66. The molecule has 4 heterocycles. The maximum Gasteiger partial charge on any atom is 0.318 e. The third-order valence-corrected chi connectivity index (χ3v) is 8.35. The second kappa shape index (κ2) is 13.6. The predicted octanol–water partition coefficient (Wildman–Crippen LogP) is 4.88. The number of pyridine rings is 1. The van der Waals surface area contributed by atoms with Gasteiger partial charge in [0, 0.05) is 51.5 Å². The summed E-state index contributed by atoms with van der Waals surface area (Å²) in [4.78, 5) is 38.6. The number of carbonyl (C=O) groups is 2. The van der Waals surface area contributed by atoms with Crippen LogP contribution in [0.2, 0.25) is 10.3 Å². The van der Waals surface area contributed by atoms with Gasteiger partial charge in [-0.25, -0.2) is 14.8 Å². The van der Waals surface area contributed by atoms with Crippen LogP contribution in [-0.4, -0.2) is 68.0 Å². The molecule has 1 aliphatic heterocycles. The van der Waals surface area contributed by atoms with Crippen LogP contribution >= 0.6 is 34.5 Å². The van der Waals surface area contributed by atoms with Gasteiger partial charge in [-0.05, 0) is 67.1 Å². The number of amides is 3. The number of urea groups is 1. The Labute approximate surface area is 243 Å². The van der Waals surface area contributed by atoms with Gasteiger partial charge in [0.05, 0.1) is 24.1 Å². The average Bonchev–Trinajstić information content (AvgIpc) is 3.57. The summed E-state index contributed by atoms with van der Waals surface area (Å²) in [6.45, 7) is 7.26. The van der Waals surface area contributed by atoms with Crippen LogP contribution in [0.1, 0.15) is 53.4 Å². The minimum atomic E-state index is -0.242. The van der Waals surface area contributed by atoms with E-state index >= 15 is 0 Å². The van der Waals surface area contributed by atoms with Gasteiger partial charge in [0.2, 0.25) is 0 Å². The zero-order valence-corrected chi connectivity index (χ0v) is 24.8. The lowest BCUT2D eigenvalue weighted by atomic mass is 10.0. The van der Waals surface area contributed by atoms with Crippen molar-refractivity contribution in [3.8, 4) is 0 Å². The summed E-state index contributed by atoms with van der Waals surface area (Å²) in [6, 6.07) is 4.08. The van der Waals surface area contributed by atoms with Crippen molar-refractivity contribution >= 4 is 46.5 Å². The largest absolute Gasteiger partial charge is 0.352 e. The lowest BCUT2D eigenvalue weighted by molar-refractivity contribution is 0.0903. The zero-order chi connectivity index (χ0) is 27.9. The normalized spacial score (nSPS) is 15.2. The highest BCUT2D eigenvalue weighted by molar-refractivity contribution is 7.07. The Bertz CT molecular complexity index is 1240. The summed E-state index contributed by atoms with van der Waals surface area (Å²) < 4.78 is 1.87. The van der Waals surface area contributed by atoms with Crippen LogP contribution in [0.15, 0.2) is 35.4 Å². The second-order valence-electron chi connectivity index (χ2n) is 10.0. The quantitative estimate of drug-likeness (QED) is 0.328. The van der Waals surface area contributed by atoms with Crippen molar-refractivity contribution in [1.82, 2.24) is 35.0 Å². The first kappa shape index (κ1) is 29.3. The molecule has 12 heteroatoms. The van der Waals surface area contributed by atoms with E-state index in [1.807, 2.05) is 28.1 Å². The number of hydrogen-bond donors (Lipinski definition) is 2. The molecule has 1 fully saturated rings. The maximum atomic E-state index is 13.3. The SMILES string of the molecule is Cc1cc(Cl)nc(Cl)c1C(=O)NCC[C@@H](C)N1CCC(N(Cc2ccsc2)C(=O)NCc2cn(C)cn2)CC1. The summed E-state index contributed by atoms with van der Waals surface area (Å²) in [5, 5.41) is 10.5. The number of nitrogens with zero attached hydrogens (tertiary/aromatic N) is 5. The highest BCUT2D eigenvalue weighted by Gasteiger charge is 2.30. The van der Waals surface area contributed by atoms with E-state index in [-0.39, 0.29) is 34.3 Å². The molecule has 1 atom stereocenters. The van der Waals surface area contributed by atoms with Crippen LogP contribution in [0.4, 0.5) is 4.79 Å². The van der Waals surface area contributed by atoms with Crippen LogP contribution in [0.25, 0.3) is 0 Å². The number of hydrogen-bond acceptors (Lipinski definition) is 6. The predicted molar refractivity (Wildman–Crippen MR) is 155 cm³/mol. The molecular formula is C27H35Cl2N7O2S. The highest BCUT2D eigenvalue weighted by atomic mass is 35.5. The number of thiophene rings is 1. The molecule has 39 heavy (non-hydrogen) atoms. The van der Waals surface area contributed by atoms with E-state index in [2.05, 4.69) is 43.9 Å². The molecule has 3 aromatic rings. The fraction of sp³-hybridized carbons (Fsp3) is 0.481. The van der Waals surface area contributed by atoms with Crippen molar-refractivity contribution in [2.24, 2.45) is 7.05 Å². The molecule has 3 aromatic heterocycles. The Kier molecular flexibility index (Phi) is 10.2. The van der Waals surface area contributed by atoms with Gasteiger partial charge in [0.25, 0.3) is 5.91 Å². The number of nitrogens with one attached hydrogen (secondary N) is 2. The zero-order valence-electron chi connectivity index (χ0n) is 22.5. The van der Waals surface area contributed by atoms with Crippen molar-refractivity contribution < 1.29 is 9.59 Å². The number of piperidine rings is 1. The molecular weight excluding hydrogens is 557 g/mol. The molecule has 3 amide bonds. The van der Waals surface area contributed by atoms with Crippen LogP contribution in [0.5, 0.6) is 0 Å². The van der Waals surface area contributed by atoms with Gasteiger partial charge in [0.15, 0.2) is 0 Å². The Balaban J connectivity index is 1.27. The third kappa shape index (κ3) is 7.94. The van der Waals surface area contributed by atoms with Gasteiger partial charge in [-0.3, -0.25) is 4.79 Å². The summed E-state index contributed by atoms with van der Waals surface area (Å²) >= 11 is 13.7. The number of aromatic nitrogens is 3. The fourth-order valence-corrected chi connectivity index (χ4v) is 6.22. The summed E-state index contributed by atoms with van der Waals surface area (Å²) in [5.41, 5.74) is 3.04. The van der Waals surface area contributed by atoms with Crippen molar-refractivity contribution in [1.29, 1.82) is 0 Å². The molecule has 0 aromatic carbocycles. The van der Waals surface area contributed by atoms with Crippen LogP contribution < -0.4 is 10.6 Å². The molecule has 4 rings (SSSR count).